The average Bonchev–Trinajstić information content (AvgIpc) is 3.43. The normalized spacial score (nSPS) is 11.0. The number of ether oxygens (including phenoxy) is 1. The SMILES string of the molecule is Cc1nc(CCOc2cccc(Cc3cn(-c4nccs4)cc3C(=O)O)c2)c(C)o1. The first kappa shape index (κ1) is 19.9. The van der Waals surface area contributed by atoms with E-state index in [1.807, 2.05) is 49.7 Å². The van der Waals surface area contributed by atoms with Gasteiger partial charge in [0.05, 0.1) is 17.9 Å². The monoisotopic (exact) mass is 423 g/mol. The Morgan fingerprint density at radius 1 is 1.30 bits per heavy atom. The highest BCUT2D eigenvalue weighted by Gasteiger charge is 2.16. The van der Waals surface area contributed by atoms with Crippen LogP contribution in [0.15, 0.2) is 52.7 Å². The second-order valence-electron chi connectivity index (χ2n) is 6.88. The highest BCUT2D eigenvalue weighted by molar-refractivity contribution is 7.12. The largest absolute Gasteiger partial charge is 0.493 e. The first-order valence-electron chi connectivity index (χ1n) is 9.48. The number of carboxylic acids is 1. The van der Waals surface area contributed by atoms with Crippen molar-refractivity contribution in [1.29, 1.82) is 0 Å². The summed E-state index contributed by atoms with van der Waals surface area (Å²) in [6, 6.07) is 7.70. The molecule has 0 aliphatic heterocycles. The zero-order valence-corrected chi connectivity index (χ0v) is 17.5. The number of carbonyl (C=O) groups is 1. The number of aryl methyl sites for hydroxylation is 2. The lowest BCUT2D eigenvalue weighted by atomic mass is 10.0. The first-order chi connectivity index (χ1) is 14.5. The van der Waals surface area contributed by atoms with Crippen LogP contribution in [0.25, 0.3) is 5.13 Å². The van der Waals surface area contributed by atoms with Gasteiger partial charge in [0, 0.05) is 37.3 Å². The fourth-order valence-corrected chi connectivity index (χ4v) is 3.91. The highest BCUT2D eigenvalue weighted by Crippen LogP contribution is 2.23. The quantitative estimate of drug-likeness (QED) is 0.450. The Bertz CT molecular complexity index is 1160. The van der Waals surface area contributed by atoms with Crippen LogP contribution in [-0.2, 0) is 12.8 Å². The van der Waals surface area contributed by atoms with Crippen LogP contribution in [0.4, 0.5) is 0 Å². The third kappa shape index (κ3) is 4.44. The van der Waals surface area contributed by atoms with E-state index in [9.17, 15) is 9.90 Å². The van der Waals surface area contributed by atoms with Crippen molar-refractivity contribution in [2.45, 2.75) is 26.7 Å². The van der Waals surface area contributed by atoms with Gasteiger partial charge >= 0.3 is 5.97 Å². The van der Waals surface area contributed by atoms with E-state index < -0.39 is 5.97 Å². The summed E-state index contributed by atoms with van der Waals surface area (Å²) in [6.45, 7) is 4.21. The molecule has 1 N–H and O–H groups in total. The Hall–Kier alpha value is -3.39. The van der Waals surface area contributed by atoms with Crippen LogP contribution in [0.3, 0.4) is 0 Å². The van der Waals surface area contributed by atoms with Gasteiger partial charge in [0.1, 0.15) is 11.5 Å². The molecule has 0 unspecified atom stereocenters. The zero-order chi connectivity index (χ0) is 21.1. The van der Waals surface area contributed by atoms with Gasteiger partial charge in [-0.05, 0) is 36.6 Å². The van der Waals surface area contributed by atoms with E-state index in [0.29, 0.717) is 25.3 Å². The molecule has 0 aliphatic rings. The molecule has 1 aromatic carbocycles. The number of thiazole rings is 1. The van der Waals surface area contributed by atoms with Gasteiger partial charge in [-0.15, -0.1) is 11.3 Å². The van der Waals surface area contributed by atoms with E-state index in [2.05, 4.69) is 9.97 Å². The predicted molar refractivity (Wildman–Crippen MR) is 113 cm³/mol. The van der Waals surface area contributed by atoms with Crippen LogP contribution in [0.5, 0.6) is 5.75 Å². The predicted octanol–water partition coefficient (Wildman–Crippen LogP) is 4.45. The Morgan fingerprint density at radius 2 is 2.17 bits per heavy atom. The maximum atomic E-state index is 11.7. The molecule has 7 nitrogen and oxygen atoms in total. The number of benzene rings is 1. The number of nitrogens with zero attached hydrogens (tertiary/aromatic N) is 3. The smallest absolute Gasteiger partial charge is 0.337 e. The molecule has 3 heterocycles. The number of carboxylic acid groups (broad SMARTS) is 1. The third-order valence-corrected chi connectivity index (χ3v) is 5.46. The van der Waals surface area contributed by atoms with Gasteiger partial charge in [0.2, 0.25) is 0 Å². The van der Waals surface area contributed by atoms with E-state index in [-0.39, 0.29) is 5.56 Å². The number of aromatic carboxylic acids is 1. The molecule has 0 amide bonds. The molecule has 0 radical (unpaired) electrons. The van der Waals surface area contributed by atoms with Crippen molar-refractivity contribution in [3.05, 3.63) is 82.3 Å². The maximum Gasteiger partial charge on any atom is 0.337 e. The Kier molecular flexibility index (Phi) is 5.67. The second-order valence-corrected chi connectivity index (χ2v) is 7.76. The summed E-state index contributed by atoms with van der Waals surface area (Å²) >= 11 is 1.46. The van der Waals surface area contributed by atoms with E-state index in [4.69, 9.17) is 9.15 Å². The lowest BCUT2D eigenvalue weighted by Gasteiger charge is -2.08. The van der Waals surface area contributed by atoms with Crippen molar-refractivity contribution >= 4 is 17.3 Å². The summed E-state index contributed by atoms with van der Waals surface area (Å²) in [5.74, 6) is 1.26. The molecule has 30 heavy (non-hydrogen) atoms. The average molecular weight is 423 g/mol. The number of aromatic nitrogens is 3. The molecule has 8 heteroatoms. The lowest BCUT2D eigenvalue weighted by molar-refractivity contribution is 0.0696. The van der Waals surface area contributed by atoms with E-state index in [1.165, 1.54) is 11.3 Å². The number of rotatable bonds is 8. The zero-order valence-electron chi connectivity index (χ0n) is 16.7. The van der Waals surface area contributed by atoms with Gasteiger partial charge in [-0.1, -0.05) is 12.1 Å². The lowest BCUT2D eigenvalue weighted by Crippen LogP contribution is -2.03. The molecule has 0 spiro atoms. The van der Waals surface area contributed by atoms with Crippen molar-refractivity contribution in [2.24, 2.45) is 0 Å². The van der Waals surface area contributed by atoms with Crippen LogP contribution < -0.4 is 4.74 Å². The molecule has 0 saturated carbocycles. The van der Waals surface area contributed by atoms with Gasteiger partial charge in [-0.25, -0.2) is 14.8 Å². The second kappa shape index (κ2) is 8.54. The van der Waals surface area contributed by atoms with Crippen molar-refractivity contribution in [2.75, 3.05) is 6.61 Å². The summed E-state index contributed by atoms with van der Waals surface area (Å²) < 4.78 is 13.1. The molecular formula is C22H21N3O4S. The summed E-state index contributed by atoms with van der Waals surface area (Å²) in [7, 11) is 0. The Morgan fingerprint density at radius 3 is 2.87 bits per heavy atom. The van der Waals surface area contributed by atoms with Crippen molar-refractivity contribution < 1.29 is 19.1 Å². The topological polar surface area (TPSA) is 90.4 Å². The van der Waals surface area contributed by atoms with Crippen molar-refractivity contribution in [1.82, 2.24) is 14.5 Å². The fourth-order valence-electron chi connectivity index (χ4n) is 3.32. The van der Waals surface area contributed by atoms with Crippen molar-refractivity contribution in [3.63, 3.8) is 0 Å². The maximum absolute atomic E-state index is 11.7. The minimum absolute atomic E-state index is 0.272. The standard InChI is InChI=1S/C22H21N3O4S/c1-14-20(24-15(2)29-14)6-8-28-18-5-3-4-16(11-18)10-17-12-25(13-19(17)21(26)27)22-23-7-9-30-22/h3-5,7,9,11-13H,6,8,10H2,1-2H3,(H,26,27). The molecular weight excluding hydrogens is 402 g/mol. The minimum atomic E-state index is -0.953. The van der Waals surface area contributed by atoms with E-state index >= 15 is 0 Å². The molecule has 0 atom stereocenters. The fraction of sp³-hybridized carbons (Fsp3) is 0.227. The first-order valence-corrected chi connectivity index (χ1v) is 10.4. The minimum Gasteiger partial charge on any atom is -0.493 e. The summed E-state index contributed by atoms with van der Waals surface area (Å²) in [4.78, 5) is 20.3. The molecule has 154 valence electrons. The van der Waals surface area contributed by atoms with Crippen LogP contribution in [0.1, 0.15) is 38.8 Å². The number of oxazole rings is 1. The Labute approximate surface area is 177 Å². The third-order valence-electron chi connectivity index (χ3n) is 4.68. The van der Waals surface area contributed by atoms with Gasteiger partial charge in [-0.2, -0.15) is 0 Å². The van der Waals surface area contributed by atoms with Gasteiger partial charge in [0.15, 0.2) is 11.0 Å². The van der Waals surface area contributed by atoms with Crippen LogP contribution in [0, 0.1) is 13.8 Å². The summed E-state index contributed by atoms with van der Waals surface area (Å²) in [5.41, 5.74) is 2.87. The molecule has 3 aromatic heterocycles. The summed E-state index contributed by atoms with van der Waals surface area (Å²) in [5, 5.41) is 12.2. The molecule has 4 rings (SSSR count). The molecule has 0 fully saturated rings. The van der Waals surface area contributed by atoms with Crippen LogP contribution in [-0.4, -0.2) is 32.2 Å². The molecule has 0 aliphatic carbocycles. The van der Waals surface area contributed by atoms with E-state index in [0.717, 1.165) is 33.5 Å². The van der Waals surface area contributed by atoms with E-state index in [1.54, 1.807) is 17.0 Å². The van der Waals surface area contributed by atoms with Crippen molar-refractivity contribution in [3.8, 4) is 10.9 Å². The number of hydrogen-bond acceptors (Lipinski definition) is 6. The molecule has 4 aromatic rings. The van der Waals surface area contributed by atoms with Gasteiger partial charge in [-0.3, -0.25) is 4.57 Å². The number of hydrogen-bond donors (Lipinski definition) is 1. The summed E-state index contributed by atoms with van der Waals surface area (Å²) in [6.07, 6.45) is 6.28. The van der Waals surface area contributed by atoms with Gasteiger partial charge < -0.3 is 14.3 Å². The van der Waals surface area contributed by atoms with Gasteiger partial charge in [0.25, 0.3) is 0 Å². The van der Waals surface area contributed by atoms with Crippen LogP contribution >= 0.6 is 11.3 Å². The molecule has 0 saturated heterocycles. The highest BCUT2D eigenvalue weighted by atomic mass is 32.1. The Balaban J connectivity index is 1.46. The molecule has 0 bridgehead atoms. The van der Waals surface area contributed by atoms with Crippen LogP contribution in [0.2, 0.25) is 0 Å².